The summed E-state index contributed by atoms with van der Waals surface area (Å²) in [6, 6.07) is 1.94. The van der Waals surface area contributed by atoms with Gasteiger partial charge in [-0.3, -0.25) is 4.79 Å². The van der Waals surface area contributed by atoms with E-state index in [0.29, 0.717) is 17.1 Å². The number of hydrogen-bond donors (Lipinski definition) is 2. The first-order valence-electron chi connectivity index (χ1n) is 6.10. The first-order chi connectivity index (χ1) is 8.74. The number of H-pyrrole nitrogens is 1. The smallest absolute Gasteiger partial charge is 0.260 e. The fourth-order valence-electron chi connectivity index (χ4n) is 1.62. The molecule has 0 saturated carbocycles. The van der Waals surface area contributed by atoms with Crippen molar-refractivity contribution in [3.8, 4) is 0 Å². The van der Waals surface area contributed by atoms with Gasteiger partial charge in [-0.25, -0.2) is 4.98 Å². The summed E-state index contributed by atoms with van der Waals surface area (Å²) < 4.78 is 0. The Bertz CT molecular complexity index is 576. The number of unbranched alkanes of at least 4 members (excludes halogenated alkanes) is 1. The molecule has 98 valence electrons. The van der Waals surface area contributed by atoms with Gasteiger partial charge in [-0.2, -0.15) is 0 Å². The number of fused-ring (bicyclic) bond motifs is 1. The van der Waals surface area contributed by atoms with Gasteiger partial charge in [0.1, 0.15) is 4.83 Å². The maximum absolute atomic E-state index is 11.9. The molecule has 0 spiro atoms. The van der Waals surface area contributed by atoms with E-state index in [9.17, 15) is 4.79 Å². The SMILES string of the molecule is CCc1cc2c(=O)[nH]c(SCCCCN)nc2s1. The standard InChI is InChI=1S/C12H17N3OS2/c1-2-8-7-9-10(16)14-12(15-11(9)18-8)17-6-4-3-5-13/h7H,2-6,13H2,1H3,(H,14,15,16). The minimum Gasteiger partial charge on any atom is -0.330 e. The van der Waals surface area contributed by atoms with Crippen molar-refractivity contribution in [2.24, 2.45) is 5.73 Å². The van der Waals surface area contributed by atoms with Crippen molar-refractivity contribution >= 4 is 33.3 Å². The second-order valence-corrected chi connectivity index (χ2v) is 6.20. The molecule has 0 aliphatic heterocycles. The highest BCUT2D eigenvalue weighted by Gasteiger charge is 2.08. The van der Waals surface area contributed by atoms with Crippen LogP contribution < -0.4 is 11.3 Å². The second kappa shape index (κ2) is 6.36. The van der Waals surface area contributed by atoms with Crippen LogP contribution in [0.4, 0.5) is 0 Å². The van der Waals surface area contributed by atoms with Gasteiger partial charge in [0.25, 0.3) is 5.56 Å². The van der Waals surface area contributed by atoms with Crippen molar-refractivity contribution in [3.63, 3.8) is 0 Å². The number of nitrogens with one attached hydrogen (secondary N) is 1. The van der Waals surface area contributed by atoms with Crippen LogP contribution >= 0.6 is 23.1 Å². The lowest BCUT2D eigenvalue weighted by Gasteiger charge is -1.99. The largest absolute Gasteiger partial charge is 0.330 e. The molecule has 3 N–H and O–H groups in total. The van der Waals surface area contributed by atoms with Crippen LogP contribution in [0.5, 0.6) is 0 Å². The average Bonchev–Trinajstić information content (AvgIpc) is 2.78. The quantitative estimate of drug-likeness (QED) is 0.485. The molecule has 0 aliphatic rings. The van der Waals surface area contributed by atoms with Gasteiger partial charge >= 0.3 is 0 Å². The van der Waals surface area contributed by atoms with Gasteiger partial charge < -0.3 is 10.7 Å². The Hall–Kier alpha value is -0.850. The van der Waals surface area contributed by atoms with E-state index in [-0.39, 0.29) is 5.56 Å². The van der Waals surface area contributed by atoms with Crippen LogP contribution in [0, 0.1) is 0 Å². The Kier molecular flexibility index (Phi) is 4.79. The number of aromatic nitrogens is 2. The Morgan fingerprint density at radius 1 is 1.50 bits per heavy atom. The van der Waals surface area contributed by atoms with E-state index in [0.717, 1.165) is 29.8 Å². The van der Waals surface area contributed by atoms with Gasteiger partial charge in [0.05, 0.1) is 5.39 Å². The monoisotopic (exact) mass is 283 g/mol. The summed E-state index contributed by atoms with van der Waals surface area (Å²) in [6.07, 6.45) is 3.01. The number of aryl methyl sites for hydroxylation is 1. The van der Waals surface area contributed by atoms with E-state index in [1.807, 2.05) is 6.07 Å². The molecule has 0 unspecified atom stereocenters. The molecular weight excluding hydrogens is 266 g/mol. The summed E-state index contributed by atoms with van der Waals surface area (Å²) in [7, 11) is 0. The van der Waals surface area contributed by atoms with Crippen molar-refractivity contribution in [2.45, 2.75) is 31.3 Å². The third-order valence-corrected chi connectivity index (χ3v) is 4.75. The van der Waals surface area contributed by atoms with E-state index in [2.05, 4.69) is 16.9 Å². The minimum absolute atomic E-state index is 0.0303. The molecule has 2 aromatic heterocycles. The molecule has 0 saturated heterocycles. The van der Waals surface area contributed by atoms with Crippen molar-refractivity contribution in [1.29, 1.82) is 0 Å². The number of nitrogens with two attached hydrogens (primary N) is 1. The average molecular weight is 283 g/mol. The van der Waals surface area contributed by atoms with Crippen LogP contribution in [-0.4, -0.2) is 22.3 Å². The molecule has 2 aromatic rings. The van der Waals surface area contributed by atoms with E-state index in [4.69, 9.17) is 5.73 Å². The highest BCUT2D eigenvalue weighted by molar-refractivity contribution is 7.99. The molecule has 2 heterocycles. The predicted octanol–water partition coefficient (Wildman–Crippen LogP) is 2.38. The summed E-state index contributed by atoms with van der Waals surface area (Å²) in [5.41, 5.74) is 5.41. The first kappa shape index (κ1) is 13.6. The predicted molar refractivity (Wildman–Crippen MR) is 78.6 cm³/mol. The third kappa shape index (κ3) is 3.13. The molecule has 18 heavy (non-hydrogen) atoms. The van der Waals surface area contributed by atoms with E-state index in [1.54, 1.807) is 23.1 Å². The van der Waals surface area contributed by atoms with Crippen LogP contribution in [0.3, 0.4) is 0 Å². The van der Waals surface area contributed by atoms with Crippen LogP contribution in [0.25, 0.3) is 10.2 Å². The van der Waals surface area contributed by atoms with Crippen LogP contribution in [-0.2, 0) is 6.42 Å². The lowest BCUT2D eigenvalue weighted by atomic mass is 10.3. The third-order valence-electron chi connectivity index (χ3n) is 2.62. The molecule has 0 bridgehead atoms. The zero-order valence-corrected chi connectivity index (χ0v) is 12.0. The Morgan fingerprint density at radius 3 is 3.06 bits per heavy atom. The second-order valence-electron chi connectivity index (χ2n) is 4.00. The molecule has 0 atom stereocenters. The van der Waals surface area contributed by atoms with Crippen molar-refractivity contribution < 1.29 is 0 Å². The minimum atomic E-state index is -0.0303. The topological polar surface area (TPSA) is 71.8 Å². The molecule has 0 fully saturated rings. The Balaban J connectivity index is 2.17. The van der Waals surface area contributed by atoms with Crippen LogP contribution in [0.1, 0.15) is 24.6 Å². The van der Waals surface area contributed by atoms with Gasteiger partial charge in [0, 0.05) is 10.6 Å². The first-order valence-corrected chi connectivity index (χ1v) is 7.90. The number of nitrogens with zero attached hydrogens (tertiary/aromatic N) is 1. The number of hydrogen-bond acceptors (Lipinski definition) is 5. The maximum Gasteiger partial charge on any atom is 0.260 e. The zero-order valence-electron chi connectivity index (χ0n) is 10.4. The van der Waals surface area contributed by atoms with E-state index < -0.39 is 0 Å². The fourth-order valence-corrected chi connectivity index (χ4v) is 3.51. The lowest BCUT2D eigenvalue weighted by molar-refractivity contribution is 0.812. The van der Waals surface area contributed by atoms with E-state index in [1.165, 1.54) is 4.88 Å². The summed E-state index contributed by atoms with van der Waals surface area (Å²) >= 11 is 3.20. The molecule has 0 amide bonds. The molecule has 2 rings (SSSR count). The van der Waals surface area contributed by atoms with Gasteiger partial charge in [-0.15, -0.1) is 11.3 Å². The van der Waals surface area contributed by atoms with E-state index >= 15 is 0 Å². The lowest BCUT2D eigenvalue weighted by Crippen LogP contribution is -2.07. The normalized spacial score (nSPS) is 11.2. The number of thioether (sulfide) groups is 1. The summed E-state index contributed by atoms with van der Waals surface area (Å²) in [5.74, 6) is 0.942. The summed E-state index contributed by atoms with van der Waals surface area (Å²) in [4.78, 5) is 21.3. The van der Waals surface area contributed by atoms with Gasteiger partial charge in [-0.05, 0) is 31.9 Å². The summed E-state index contributed by atoms with van der Waals surface area (Å²) in [5, 5.41) is 1.43. The van der Waals surface area contributed by atoms with Gasteiger partial charge in [-0.1, -0.05) is 18.7 Å². The molecular formula is C12H17N3OS2. The fraction of sp³-hybridized carbons (Fsp3) is 0.500. The van der Waals surface area contributed by atoms with Crippen molar-refractivity contribution in [2.75, 3.05) is 12.3 Å². The number of aromatic amines is 1. The number of rotatable bonds is 6. The summed E-state index contributed by atoms with van der Waals surface area (Å²) in [6.45, 7) is 2.80. The highest BCUT2D eigenvalue weighted by atomic mass is 32.2. The maximum atomic E-state index is 11.9. The molecule has 0 aliphatic carbocycles. The molecule has 0 radical (unpaired) electrons. The van der Waals surface area contributed by atoms with Crippen LogP contribution in [0.15, 0.2) is 16.0 Å². The molecule has 0 aromatic carbocycles. The Labute approximate surface area is 114 Å². The molecule has 6 heteroatoms. The Morgan fingerprint density at radius 2 is 2.33 bits per heavy atom. The van der Waals surface area contributed by atoms with Crippen molar-refractivity contribution in [3.05, 3.63) is 21.3 Å². The zero-order chi connectivity index (χ0) is 13.0. The highest BCUT2D eigenvalue weighted by Crippen LogP contribution is 2.23. The van der Waals surface area contributed by atoms with Gasteiger partial charge in [0.2, 0.25) is 0 Å². The molecule has 4 nitrogen and oxygen atoms in total. The van der Waals surface area contributed by atoms with Crippen LogP contribution in [0.2, 0.25) is 0 Å². The van der Waals surface area contributed by atoms with Crippen molar-refractivity contribution in [1.82, 2.24) is 9.97 Å². The van der Waals surface area contributed by atoms with Gasteiger partial charge in [0.15, 0.2) is 5.16 Å². The number of thiophene rings is 1.